The Balaban J connectivity index is 1.90. The molecule has 1 unspecified atom stereocenters. The van der Waals surface area contributed by atoms with Gasteiger partial charge in [-0.25, -0.2) is 4.39 Å². The first-order valence-corrected chi connectivity index (χ1v) is 5.75. The molecule has 1 aliphatic carbocycles. The van der Waals surface area contributed by atoms with Crippen molar-refractivity contribution in [3.8, 4) is 0 Å². The normalized spacial score (nSPS) is 27.2. The highest BCUT2D eigenvalue weighted by Gasteiger charge is 2.48. The van der Waals surface area contributed by atoms with E-state index in [0.29, 0.717) is 5.41 Å². The van der Waals surface area contributed by atoms with Crippen molar-refractivity contribution in [2.24, 2.45) is 5.41 Å². The maximum absolute atomic E-state index is 13.3. The zero-order valence-corrected chi connectivity index (χ0v) is 9.15. The summed E-state index contributed by atoms with van der Waals surface area (Å²) in [7, 11) is 0. The second-order valence-corrected chi connectivity index (χ2v) is 5.16. The highest BCUT2D eigenvalue weighted by atomic mass is 35.5. The van der Waals surface area contributed by atoms with E-state index >= 15 is 0 Å². The van der Waals surface area contributed by atoms with Crippen LogP contribution in [-0.4, -0.2) is 6.54 Å². The van der Waals surface area contributed by atoms with Gasteiger partial charge in [0.15, 0.2) is 0 Å². The molecule has 1 saturated carbocycles. The molecule has 15 heavy (non-hydrogen) atoms. The molecule has 1 spiro atoms. The Morgan fingerprint density at radius 3 is 2.87 bits per heavy atom. The molecule has 1 aliphatic heterocycles. The van der Waals surface area contributed by atoms with Gasteiger partial charge < -0.3 is 5.32 Å². The van der Waals surface area contributed by atoms with Crippen LogP contribution in [0.5, 0.6) is 0 Å². The maximum atomic E-state index is 13.3. The number of halogens is 2. The summed E-state index contributed by atoms with van der Waals surface area (Å²) in [5.74, 6) is -0.312. The van der Waals surface area contributed by atoms with E-state index in [1.165, 1.54) is 18.9 Å². The first-order valence-electron chi connectivity index (χ1n) is 5.38. The second-order valence-electron chi connectivity index (χ2n) is 4.78. The molecule has 1 saturated heterocycles. The van der Waals surface area contributed by atoms with Crippen molar-refractivity contribution >= 4 is 11.6 Å². The first kappa shape index (κ1) is 9.61. The molecule has 3 heteroatoms. The third-order valence-corrected chi connectivity index (χ3v) is 4.07. The van der Waals surface area contributed by atoms with Gasteiger partial charge in [-0.05, 0) is 36.3 Å². The largest absolute Gasteiger partial charge is 0.309 e. The summed E-state index contributed by atoms with van der Waals surface area (Å²) in [5, 5.41) is 3.73. The van der Waals surface area contributed by atoms with E-state index in [1.807, 2.05) is 6.07 Å². The Hall–Kier alpha value is -0.600. The van der Waals surface area contributed by atoms with E-state index in [0.717, 1.165) is 18.5 Å². The molecule has 0 radical (unpaired) electrons. The van der Waals surface area contributed by atoms with Gasteiger partial charge in [-0.3, -0.25) is 0 Å². The van der Waals surface area contributed by atoms with Crippen LogP contribution in [-0.2, 0) is 0 Å². The number of nitrogens with one attached hydrogen (secondary N) is 1. The lowest BCUT2D eigenvalue weighted by Gasteiger charge is -2.12. The molecule has 1 heterocycles. The number of rotatable bonds is 1. The molecule has 3 rings (SSSR count). The molecule has 2 fully saturated rings. The summed E-state index contributed by atoms with van der Waals surface area (Å²) in [6.07, 6.45) is 3.73. The molecule has 2 aliphatic rings. The molecule has 1 aromatic rings. The van der Waals surface area contributed by atoms with Crippen molar-refractivity contribution in [3.05, 3.63) is 34.6 Å². The number of hydrogen-bond donors (Lipinski definition) is 1. The Kier molecular flexibility index (Phi) is 2.05. The van der Waals surface area contributed by atoms with Crippen LogP contribution >= 0.6 is 11.6 Å². The minimum Gasteiger partial charge on any atom is -0.309 e. The standard InChI is InChI=1S/C12H13ClFN/c13-11-8(2-1-3-9(11)14)10-6-12(4-5-12)7-15-10/h1-3,10,15H,4-7H2. The Morgan fingerprint density at radius 2 is 2.20 bits per heavy atom. The van der Waals surface area contributed by atoms with E-state index < -0.39 is 0 Å². The molecule has 80 valence electrons. The van der Waals surface area contributed by atoms with Crippen LogP contribution in [0, 0.1) is 11.2 Å². The Labute approximate surface area is 93.6 Å². The van der Waals surface area contributed by atoms with E-state index in [4.69, 9.17) is 11.6 Å². The lowest BCUT2D eigenvalue weighted by molar-refractivity contribution is 0.550. The summed E-state index contributed by atoms with van der Waals surface area (Å²) in [6, 6.07) is 5.31. The zero-order chi connectivity index (χ0) is 10.5. The molecule has 0 aromatic heterocycles. The molecule has 1 aromatic carbocycles. The third-order valence-electron chi connectivity index (χ3n) is 3.67. The van der Waals surface area contributed by atoms with Crippen LogP contribution in [0.25, 0.3) is 0 Å². The fraction of sp³-hybridized carbons (Fsp3) is 0.500. The number of benzene rings is 1. The Bertz CT molecular complexity index is 401. The molecule has 0 bridgehead atoms. The van der Waals surface area contributed by atoms with Gasteiger partial charge in [0.05, 0.1) is 5.02 Å². The van der Waals surface area contributed by atoms with Crippen molar-refractivity contribution < 1.29 is 4.39 Å². The highest BCUT2D eigenvalue weighted by molar-refractivity contribution is 6.31. The lowest BCUT2D eigenvalue weighted by atomic mass is 9.98. The molecule has 0 amide bonds. The van der Waals surface area contributed by atoms with E-state index in [1.54, 1.807) is 6.07 Å². The third kappa shape index (κ3) is 1.56. The van der Waals surface area contributed by atoms with Gasteiger partial charge in [-0.1, -0.05) is 23.7 Å². The summed E-state index contributed by atoms with van der Waals surface area (Å²) in [4.78, 5) is 0. The van der Waals surface area contributed by atoms with E-state index in [9.17, 15) is 4.39 Å². The van der Waals surface area contributed by atoms with Crippen LogP contribution in [0.2, 0.25) is 5.02 Å². The van der Waals surface area contributed by atoms with Crippen LogP contribution < -0.4 is 5.32 Å². The summed E-state index contributed by atoms with van der Waals surface area (Å²) in [6.45, 7) is 1.06. The summed E-state index contributed by atoms with van der Waals surface area (Å²) >= 11 is 5.97. The van der Waals surface area contributed by atoms with Crippen LogP contribution in [0.15, 0.2) is 18.2 Å². The molecular weight excluding hydrogens is 213 g/mol. The average molecular weight is 226 g/mol. The minimum atomic E-state index is -0.312. The predicted molar refractivity (Wildman–Crippen MR) is 58.4 cm³/mol. The molecular formula is C12H13ClFN. The predicted octanol–water partition coefficient (Wildman–Crippen LogP) is 3.29. The van der Waals surface area contributed by atoms with Crippen molar-refractivity contribution in [1.82, 2.24) is 5.32 Å². The first-order chi connectivity index (χ1) is 7.20. The quantitative estimate of drug-likeness (QED) is 0.774. The summed E-state index contributed by atoms with van der Waals surface area (Å²) in [5.41, 5.74) is 1.43. The topological polar surface area (TPSA) is 12.0 Å². The lowest BCUT2D eigenvalue weighted by Crippen LogP contribution is -2.14. The molecule has 1 nitrogen and oxygen atoms in total. The van der Waals surface area contributed by atoms with Gasteiger partial charge in [-0.15, -0.1) is 0 Å². The minimum absolute atomic E-state index is 0.246. The van der Waals surface area contributed by atoms with Crippen molar-refractivity contribution in [2.45, 2.75) is 25.3 Å². The van der Waals surface area contributed by atoms with E-state index in [-0.39, 0.29) is 16.9 Å². The van der Waals surface area contributed by atoms with E-state index in [2.05, 4.69) is 5.32 Å². The summed E-state index contributed by atoms with van der Waals surface area (Å²) < 4.78 is 13.3. The van der Waals surface area contributed by atoms with Gasteiger partial charge in [-0.2, -0.15) is 0 Å². The van der Waals surface area contributed by atoms with Gasteiger partial charge >= 0.3 is 0 Å². The van der Waals surface area contributed by atoms with Gasteiger partial charge in [0.25, 0.3) is 0 Å². The monoisotopic (exact) mass is 225 g/mol. The smallest absolute Gasteiger partial charge is 0.142 e. The van der Waals surface area contributed by atoms with Crippen LogP contribution in [0.1, 0.15) is 30.9 Å². The van der Waals surface area contributed by atoms with Gasteiger partial charge in [0.1, 0.15) is 5.82 Å². The van der Waals surface area contributed by atoms with Gasteiger partial charge in [0, 0.05) is 12.6 Å². The van der Waals surface area contributed by atoms with Crippen molar-refractivity contribution in [2.75, 3.05) is 6.54 Å². The highest BCUT2D eigenvalue weighted by Crippen LogP contribution is 2.55. The molecule has 1 atom stereocenters. The Morgan fingerprint density at radius 1 is 1.40 bits per heavy atom. The average Bonchev–Trinajstić information content (AvgIpc) is 2.83. The fourth-order valence-corrected chi connectivity index (χ4v) is 2.74. The zero-order valence-electron chi connectivity index (χ0n) is 8.39. The van der Waals surface area contributed by atoms with Crippen molar-refractivity contribution in [3.63, 3.8) is 0 Å². The second kappa shape index (κ2) is 3.19. The SMILES string of the molecule is Fc1cccc(C2CC3(CC3)CN2)c1Cl. The van der Waals surface area contributed by atoms with Crippen LogP contribution in [0.4, 0.5) is 4.39 Å². The molecule has 1 N–H and O–H groups in total. The van der Waals surface area contributed by atoms with Crippen molar-refractivity contribution in [1.29, 1.82) is 0 Å². The maximum Gasteiger partial charge on any atom is 0.142 e. The van der Waals surface area contributed by atoms with Gasteiger partial charge in [0.2, 0.25) is 0 Å². The fourth-order valence-electron chi connectivity index (χ4n) is 2.48. The van der Waals surface area contributed by atoms with Crippen LogP contribution in [0.3, 0.4) is 0 Å². The number of hydrogen-bond acceptors (Lipinski definition) is 1.